The molecule has 0 aliphatic rings. The first-order chi connectivity index (χ1) is 20.2. The van der Waals surface area contributed by atoms with Crippen LogP contribution in [0.4, 0.5) is 13.2 Å². The van der Waals surface area contributed by atoms with Gasteiger partial charge in [0.2, 0.25) is 0 Å². The fourth-order valence-corrected chi connectivity index (χ4v) is 5.97. The lowest BCUT2D eigenvalue weighted by atomic mass is 9.75. The van der Waals surface area contributed by atoms with Crippen molar-refractivity contribution in [3.8, 4) is 16.9 Å². The van der Waals surface area contributed by atoms with E-state index >= 15 is 13.2 Å². The number of rotatable bonds is 13. The molecule has 0 saturated heterocycles. The molecule has 4 rings (SSSR count). The zero-order valence-electron chi connectivity index (χ0n) is 24.8. The van der Waals surface area contributed by atoms with Crippen molar-refractivity contribution < 1.29 is 17.9 Å². The molecule has 0 spiro atoms. The molecule has 42 heavy (non-hydrogen) atoms. The SMILES string of the molecule is C=C(C)CC(CC(CC)C(C)Cc1ccccc1)c1cc(-c2ccccc2)cc(OCc2ccccc2)c1C(F)(F)F. The lowest BCUT2D eigenvalue weighted by Crippen LogP contribution is -2.20. The van der Waals surface area contributed by atoms with Crippen LogP contribution in [0, 0.1) is 11.8 Å². The van der Waals surface area contributed by atoms with Gasteiger partial charge in [0.05, 0.1) is 0 Å². The fourth-order valence-electron chi connectivity index (χ4n) is 5.97. The van der Waals surface area contributed by atoms with Crippen LogP contribution in [-0.2, 0) is 19.2 Å². The molecule has 4 aromatic rings. The maximum absolute atomic E-state index is 15.0. The minimum absolute atomic E-state index is 0.0540. The predicted octanol–water partition coefficient (Wildman–Crippen LogP) is 11.3. The first-order valence-electron chi connectivity index (χ1n) is 14.8. The van der Waals surface area contributed by atoms with Crippen molar-refractivity contribution in [3.05, 3.63) is 138 Å². The lowest BCUT2D eigenvalue weighted by molar-refractivity contribution is -0.139. The minimum Gasteiger partial charge on any atom is -0.488 e. The molecular formula is C38H41F3O. The van der Waals surface area contributed by atoms with E-state index in [1.165, 1.54) is 5.56 Å². The molecule has 0 saturated carbocycles. The number of halogens is 3. The normalized spacial score (nSPS) is 13.8. The summed E-state index contributed by atoms with van der Waals surface area (Å²) in [4.78, 5) is 0. The Balaban J connectivity index is 1.80. The van der Waals surface area contributed by atoms with Gasteiger partial charge in [0.15, 0.2) is 0 Å². The number of alkyl halides is 3. The van der Waals surface area contributed by atoms with Gasteiger partial charge < -0.3 is 4.74 Å². The molecule has 0 amide bonds. The second-order valence-electron chi connectivity index (χ2n) is 11.5. The van der Waals surface area contributed by atoms with Gasteiger partial charge in [-0.25, -0.2) is 0 Å². The number of hydrogen-bond acceptors (Lipinski definition) is 1. The average Bonchev–Trinajstić information content (AvgIpc) is 2.98. The summed E-state index contributed by atoms with van der Waals surface area (Å²) in [7, 11) is 0. The smallest absolute Gasteiger partial charge is 0.420 e. The van der Waals surface area contributed by atoms with E-state index in [4.69, 9.17) is 4.74 Å². The molecule has 220 valence electrons. The Labute approximate surface area is 249 Å². The molecular weight excluding hydrogens is 529 g/mol. The molecule has 4 aromatic carbocycles. The van der Waals surface area contributed by atoms with Crippen LogP contribution in [0.3, 0.4) is 0 Å². The number of hydrogen-bond donors (Lipinski definition) is 0. The van der Waals surface area contributed by atoms with Crippen LogP contribution in [0.15, 0.2) is 115 Å². The average molecular weight is 571 g/mol. The molecule has 0 radical (unpaired) electrons. The zero-order valence-corrected chi connectivity index (χ0v) is 24.8. The number of ether oxygens (including phenoxy) is 1. The Morgan fingerprint density at radius 3 is 1.93 bits per heavy atom. The van der Waals surface area contributed by atoms with E-state index in [2.05, 4.69) is 32.6 Å². The molecule has 0 fully saturated rings. The van der Waals surface area contributed by atoms with Crippen molar-refractivity contribution in [2.45, 2.75) is 65.2 Å². The predicted molar refractivity (Wildman–Crippen MR) is 168 cm³/mol. The highest BCUT2D eigenvalue weighted by atomic mass is 19.4. The standard InChI is InChI=1S/C38H41F3O/c1-5-31(28(4)22-29-15-9-6-10-16-29)23-34(21-27(2)3)35-24-33(32-19-13-8-14-20-32)25-36(37(35)38(39,40)41)42-26-30-17-11-7-12-18-30/h6-20,24-25,28,31,34H,2,5,21-23,26H2,1,3-4H3. The van der Waals surface area contributed by atoms with Crippen LogP contribution in [0.25, 0.3) is 11.1 Å². The highest BCUT2D eigenvalue weighted by molar-refractivity contribution is 5.68. The van der Waals surface area contributed by atoms with Gasteiger partial charge in [-0.05, 0) is 83.9 Å². The molecule has 1 nitrogen and oxygen atoms in total. The van der Waals surface area contributed by atoms with Crippen LogP contribution in [0.5, 0.6) is 5.75 Å². The first kappa shape index (κ1) is 31.2. The second-order valence-corrected chi connectivity index (χ2v) is 11.5. The maximum Gasteiger partial charge on any atom is 0.420 e. The minimum atomic E-state index is -4.58. The quantitative estimate of drug-likeness (QED) is 0.145. The third-order valence-corrected chi connectivity index (χ3v) is 8.11. The third-order valence-electron chi connectivity index (χ3n) is 8.11. The first-order valence-corrected chi connectivity index (χ1v) is 14.8. The van der Waals surface area contributed by atoms with Gasteiger partial charge in [-0.1, -0.05) is 117 Å². The summed E-state index contributed by atoms with van der Waals surface area (Å²) < 4.78 is 51.1. The third kappa shape index (κ3) is 8.38. The Bertz CT molecular complexity index is 1410. The number of benzene rings is 4. The van der Waals surface area contributed by atoms with E-state index in [0.717, 1.165) is 35.1 Å². The molecule has 0 aliphatic carbocycles. The monoisotopic (exact) mass is 570 g/mol. The van der Waals surface area contributed by atoms with Crippen LogP contribution >= 0.6 is 0 Å². The van der Waals surface area contributed by atoms with Crippen LogP contribution in [0.2, 0.25) is 0 Å². The van der Waals surface area contributed by atoms with E-state index in [1.54, 1.807) is 12.1 Å². The fraction of sp³-hybridized carbons (Fsp3) is 0.316. The van der Waals surface area contributed by atoms with Gasteiger partial charge in [0, 0.05) is 0 Å². The Morgan fingerprint density at radius 1 is 0.810 bits per heavy atom. The highest BCUT2D eigenvalue weighted by Gasteiger charge is 2.40. The molecule has 0 aromatic heterocycles. The summed E-state index contributed by atoms with van der Waals surface area (Å²) in [5.74, 6) is 0.0695. The maximum atomic E-state index is 15.0. The van der Waals surface area contributed by atoms with E-state index in [1.807, 2.05) is 85.8 Å². The molecule has 4 heteroatoms. The zero-order chi connectivity index (χ0) is 30.1. The topological polar surface area (TPSA) is 9.23 Å². The largest absolute Gasteiger partial charge is 0.488 e. The van der Waals surface area contributed by atoms with Gasteiger partial charge in [-0.2, -0.15) is 13.2 Å². The van der Waals surface area contributed by atoms with Crippen molar-refractivity contribution in [3.63, 3.8) is 0 Å². The summed E-state index contributed by atoms with van der Waals surface area (Å²) in [6, 6.07) is 32.5. The Kier molecular flexibility index (Phi) is 10.7. The van der Waals surface area contributed by atoms with Gasteiger partial charge in [-0.3, -0.25) is 0 Å². The van der Waals surface area contributed by atoms with E-state index in [-0.39, 0.29) is 24.2 Å². The van der Waals surface area contributed by atoms with Gasteiger partial charge in [0.25, 0.3) is 0 Å². The number of allylic oxidation sites excluding steroid dienone is 1. The Hall–Kier alpha value is -3.79. The summed E-state index contributed by atoms with van der Waals surface area (Å²) in [6.07, 6.45) is -1.69. The lowest BCUT2D eigenvalue weighted by Gasteiger charge is -2.31. The summed E-state index contributed by atoms with van der Waals surface area (Å²) >= 11 is 0. The summed E-state index contributed by atoms with van der Waals surface area (Å²) in [6.45, 7) is 10.4. The highest BCUT2D eigenvalue weighted by Crippen LogP contribution is 2.47. The van der Waals surface area contributed by atoms with Gasteiger partial charge >= 0.3 is 6.18 Å². The Morgan fingerprint density at radius 2 is 1.38 bits per heavy atom. The summed E-state index contributed by atoms with van der Waals surface area (Å²) in [5, 5.41) is 0. The van der Waals surface area contributed by atoms with Gasteiger partial charge in [-0.15, -0.1) is 6.58 Å². The van der Waals surface area contributed by atoms with Crippen LogP contribution in [0.1, 0.15) is 68.2 Å². The van der Waals surface area contributed by atoms with E-state index in [9.17, 15) is 0 Å². The second kappa shape index (κ2) is 14.4. The van der Waals surface area contributed by atoms with E-state index < -0.39 is 11.7 Å². The van der Waals surface area contributed by atoms with Crippen LogP contribution in [-0.4, -0.2) is 0 Å². The molecule has 3 unspecified atom stereocenters. The molecule has 0 N–H and O–H groups in total. The summed E-state index contributed by atoms with van der Waals surface area (Å²) in [5.41, 5.74) is 4.13. The van der Waals surface area contributed by atoms with Crippen molar-refractivity contribution in [2.75, 3.05) is 0 Å². The van der Waals surface area contributed by atoms with Crippen molar-refractivity contribution >= 4 is 0 Å². The van der Waals surface area contributed by atoms with Gasteiger partial charge in [0.1, 0.15) is 17.9 Å². The molecule has 0 bridgehead atoms. The van der Waals surface area contributed by atoms with Crippen molar-refractivity contribution in [1.82, 2.24) is 0 Å². The van der Waals surface area contributed by atoms with Crippen molar-refractivity contribution in [2.24, 2.45) is 11.8 Å². The molecule has 0 aliphatic heterocycles. The van der Waals surface area contributed by atoms with Crippen molar-refractivity contribution in [1.29, 1.82) is 0 Å². The van der Waals surface area contributed by atoms with Crippen LogP contribution < -0.4 is 4.74 Å². The molecule has 0 heterocycles. The molecule has 3 atom stereocenters. The van der Waals surface area contributed by atoms with E-state index in [0.29, 0.717) is 24.3 Å².